The summed E-state index contributed by atoms with van der Waals surface area (Å²) in [4.78, 5) is 0. The van der Waals surface area contributed by atoms with Gasteiger partial charge in [0, 0.05) is 12.8 Å². The van der Waals surface area contributed by atoms with Gasteiger partial charge < -0.3 is 24.4 Å². The van der Waals surface area contributed by atoms with E-state index < -0.39 is 0 Å². The zero-order valence-corrected chi connectivity index (χ0v) is 23.0. The highest BCUT2D eigenvalue weighted by Gasteiger charge is 2.41. The summed E-state index contributed by atoms with van der Waals surface area (Å²) in [5.41, 5.74) is 1.43. The molecule has 0 heterocycles. The van der Waals surface area contributed by atoms with Crippen LogP contribution in [0.4, 0.5) is 0 Å². The number of hydrogen-bond donors (Lipinski definition) is 2. The van der Waals surface area contributed by atoms with E-state index in [1.807, 2.05) is 24.3 Å². The number of benzene rings is 2. The number of ether oxygens (including phenoxy) is 3. The van der Waals surface area contributed by atoms with E-state index in [1.54, 1.807) is 26.4 Å². The van der Waals surface area contributed by atoms with E-state index in [2.05, 4.69) is 41.5 Å². The van der Waals surface area contributed by atoms with Crippen LogP contribution in [0.1, 0.15) is 78.4 Å². The van der Waals surface area contributed by atoms with Crippen LogP contribution in [0.5, 0.6) is 23.0 Å². The minimum Gasteiger partial charge on any atom is -0.504 e. The topological polar surface area (TPSA) is 68.2 Å². The summed E-state index contributed by atoms with van der Waals surface area (Å²) in [6.07, 6.45) is 5.05. The Kier molecular flexibility index (Phi) is 10.3. The second-order valence-corrected chi connectivity index (χ2v) is 10.7. The summed E-state index contributed by atoms with van der Waals surface area (Å²) in [6, 6.07) is 11.2. The van der Waals surface area contributed by atoms with Crippen LogP contribution in [0.2, 0.25) is 0 Å². The Bertz CT molecular complexity index is 863. The Balaban J connectivity index is 2.52. The first-order chi connectivity index (χ1) is 16.5. The molecule has 0 bridgehead atoms. The van der Waals surface area contributed by atoms with Crippen LogP contribution >= 0.6 is 0 Å². The predicted molar refractivity (Wildman–Crippen MR) is 143 cm³/mol. The van der Waals surface area contributed by atoms with Gasteiger partial charge in [0.25, 0.3) is 0 Å². The first-order valence-electron chi connectivity index (χ1n) is 12.9. The van der Waals surface area contributed by atoms with Crippen molar-refractivity contribution in [3.8, 4) is 23.0 Å². The Morgan fingerprint density at radius 1 is 0.686 bits per heavy atom. The van der Waals surface area contributed by atoms with Crippen molar-refractivity contribution in [3.05, 3.63) is 47.5 Å². The molecule has 0 saturated heterocycles. The summed E-state index contributed by atoms with van der Waals surface area (Å²) < 4.78 is 18.1. The van der Waals surface area contributed by atoms with Crippen molar-refractivity contribution in [1.29, 1.82) is 0 Å². The van der Waals surface area contributed by atoms with Gasteiger partial charge in [0.2, 0.25) is 0 Å². The van der Waals surface area contributed by atoms with Crippen LogP contribution < -0.4 is 9.47 Å². The summed E-state index contributed by atoms with van der Waals surface area (Å²) >= 11 is 0. The van der Waals surface area contributed by atoms with Gasteiger partial charge in [0.05, 0.1) is 25.4 Å². The third kappa shape index (κ3) is 7.79. The maximum atomic E-state index is 10.1. The molecule has 2 rings (SSSR count). The largest absolute Gasteiger partial charge is 0.504 e. The van der Waals surface area contributed by atoms with Crippen LogP contribution in [0.25, 0.3) is 0 Å². The summed E-state index contributed by atoms with van der Waals surface area (Å²) in [6.45, 7) is 13.4. The van der Waals surface area contributed by atoms with Crippen molar-refractivity contribution < 1.29 is 24.4 Å². The van der Waals surface area contributed by atoms with Crippen molar-refractivity contribution >= 4 is 0 Å². The molecule has 2 aromatic rings. The molecule has 0 spiro atoms. The van der Waals surface area contributed by atoms with E-state index in [0.29, 0.717) is 23.3 Å². The maximum Gasteiger partial charge on any atom is 0.160 e. The summed E-state index contributed by atoms with van der Waals surface area (Å²) in [7, 11) is 3.15. The molecule has 196 valence electrons. The predicted octanol–water partition coefficient (Wildman–Crippen LogP) is 7.31. The lowest BCUT2D eigenvalue weighted by atomic mass is 9.79. The molecule has 5 heteroatoms. The van der Waals surface area contributed by atoms with E-state index in [4.69, 9.17) is 14.2 Å². The van der Waals surface area contributed by atoms with Crippen molar-refractivity contribution in [1.82, 2.24) is 0 Å². The van der Waals surface area contributed by atoms with Gasteiger partial charge in [-0.2, -0.15) is 0 Å². The average Bonchev–Trinajstić information content (AvgIpc) is 2.80. The van der Waals surface area contributed by atoms with Crippen molar-refractivity contribution in [3.63, 3.8) is 0 Å². The Morgan fingerprint density at radius 2 is 1.06 bits per heavy atom. The van der Waals surface area contributed by atoms with Gasteiger partial charge in [-0.3, -0.25) is 0 Å². The van der Waals surface area contributed by atoms with Crippen LogP contribution in [0, 0.1) is 11.8 Å². The van der Waals surface area contributed by atoms with E-state index in [0.717, 1.165) is 49.7 Å². The van der Waals surface area contributed by atoms with Crippen molar-refractivity contribution in [2.75, 3.05) is 14.2 Å². The van der Waals surface area contributed by atoms with Gasteiger partial charge in [-0.05, 0) is 72.9 Å². The van der Waals surface area contributed by atoms with Crippen molar-refractivity contribution in [2.45, 2.75) is 91.3 Å². The molecule has 0 saturated carbocycles. The second-order valence-electron chi connectivity index (χ2n) is 10.7. The molecule has 0 aromatic heterocycles. The molecule has 2 aromatic carbocycles. The quantitative estimate of drug-likeness (QED) is 0.293. The fraction of sp³-hybridized carbons (Fsp3) is 0.600. The minimum absolute atomic E-state index is 0.145. The van der Waals surface area contributed by atoms with E-state index >= 15 is 0 Å². The standard InChI is InChI=1S/C30H46O5/c1-9-29(17-21(3)4,19-23-11-13-25(31)27(15-23)33-7)35-30(10-2,18-22(5)6)20-24-12-14-26(32)28(16-24)34-8/h11-16,21-22,31-32H,9-10,17-20H2,1-8H3. The number of phenolic OH excluding ortho intramolecular Hbond substituents is 2. The number of aromatic hydroxyl groups is 2. The van der Waals surface area contributed by atoms with Gasteiger partial charge in [-0.1, -0.05) is 53.7 Å². The third-order valence-electron chi connectivity index (χ3n) is 6.82. The monoisotopic (exact) mass is 486 g/mol. The first kappa shape index (κ1) is 28.8. The zero-order chi connectivity index (χ0) is 26.2. The fourth-order valence-electron chi connectivity index (χ4n) is 5.34. The van der Waals surface area contributed by atoms with Crippen LogP contribution in [-0.2, 0) is 17.6 Å². The highest BCUT2D eigenvalue weighted by Crippen LogP contribution is 2.41. The van der Waals surface area contributed by atoms with Gasteiger partial charge in [0.1, 0.15) is 0 Å². The minimum atomic E-state index is -0.373. The molecule has 0 aliphatic carbocycles. The second kappa shape index (κ2) is 12.5. The van der Waals surface area contributed by atoms with Gasteiger partial charge in [0.15, 0.2) is 23.0 Å². The Labute approximate surface area is 212 Å². The number of rotatable bonds is 14. The van der Waals surface area contributed by atoms with Crippen LogP contribution in [-0.4, -0.2) is 35.6 Å². The zero-order valence-electron chi connectivity index (χ0n) is 23.0. The number of methoxy groups -OCH3 is 2. The molecule has 35 heavy (non-hydrogen) atoms. The van der Waals surface area contributed by atoms with Crippen LogP contribution in [0.3, 0.4) is 0 Å². The smallest absolute Gasteiger partial charge is 0.160 e. The number of phenols is 2. The highest BCUT2D eigenvalue weighted by molar-refractivity contribution is 5.43. The molecule has 2 N–H and O–H groups in total. The molecular formula is C30H46O5. The maximum absolute atomic E-state index is 10.1. The summed E-state index contributed by atoms with van der Waals surface area (Å²) in [5, 5.41) is 20.2. The SMILES string of the molecule is CCC(Cc1ccc(O)c(OC)c1)(CC(C)C)OC(CC)(Cc1ccc(O)c(OC)c1)CC(C)C. The van der Waals surface area contributed by atoms with Gasteiger partial charge >= 0.3 is 0 Å². The molecule has 0 radical (unpaired) electrons. The third-order valence-corrected chi connectivity index (χ3v) is 6.82. The van der Waals surface area contributed by atoms with E-state index in [9.17, 15) is 10.2 Å². The van der Waals surface area contributed by atoms with Crippen molar-refractivity contribution in [2.24, 2.45) is 11.8 Å². The molecular weight excluding hydrogens is 440 g/mol. The lowest BCUT2D eigenvalue weighted by Crippen LogP contribution is -2.48. The highest BCUT2D eigenvalue weighted by atomic mass is 16.5. The molecule has 0 fully saturated rings. The normalized spacial score (nSPS) is 15.1. The molecule has 0 amide bonds. The van der Waals surface area contributed by atoms with Gasteiger partial charge in [-0.15, -0.1) is 0 Å². The Hall–Kier alpha value is -2.40. The summed E-state index contributed by atoms with van der Waals surface area (Å²) in [5.74, 6) is 2.17. The molecule has 5 nitrogen and oxygen atoms in total. The lowest BCUT2D eigenvalue weighted by Gasteiger charge is -2.46. The number of hydrogen-bond acceptors (Lipinski definition) is 5. The molecule has 0 aliphatic rings. The molecule has 2 atom stereocenters. The lowest BCUT2D eigenvalue weighted by molar-refractivity contribution is -0.176. The first-order valence-corrected chi connectivity index (χ1v) is 12.9. The molecule has 2 unspecified atom stereocenters. The van der Waals surface area contributed by atoms with Crippen LogP contribution in [0.15, 0.2) is 36.4 Å². The average molecular weight is 487 g/mol. The van der Waals surface area contributed by atoms with E-state index in [1.165, 1.54) is 0 Å². The Morgan fingerprint density at radius 3 is 1.34 bits per heavy atom. The van der Waals surface area contributed by atoms with Gasteiger partial charge in [-0.25, -0.2) is 0 Å². The molecule has 0 aliphatic heterocycles. The van der Waals surface area contributed by atoms with E-state index in [-0.39, 0.29) is 22.7 Å². The fourth-order valence-corrected chi connectivity index (χ4v) is 5.34.